The minimum absolute atomic E-state index is 0.135. The second kappa shape index (κ2) is 35.5. The molecule has 0 fully saturated rings. The monoisotopic (exact) mass is 1180 g/mol. The Labute approximate surface area is 506 Å². The summed E-state index contributed by atoms with van der Waals surface area (Å²) >= 11 is 0. The molecule has 6 rings (SSSR count). The first-order valence-corrected chi connectivity index (χ1v) is 34.0. The van der Waals surface area contributed by atoms with E-state index in [9.17, 15) is 9.59 Å². The summed E-state index contributed by atoms with van der Waals surface area (Å²) in [5.74, 6) is 0.954. The Kier molecular flexibility index (Phi) is 29.1. The molecule has 0 aliphatic carbocycles. The van der Waals surface area contributed by atoms with Crippen LogP contribution in [0.15, 0.2) is 133 Å². The molecule has 0 spiro atoms. The SMILES string of the molecule is CO[Si](CCCCCC[Si](OC)(OC)OC)(OC)OC.Cc1ccc(N(c2ccc(CCC(=O)OCCCC(C)C)cc2)c2ccc(-c3ccc(N(c4ccc(CCC(=O)OCCCC(C)C)cc4)c4ccc(C)c(C)c4)cc3)cc2)cc1C. The fourth-order valence-corrected chi connectivity index (χ4v) is 13.6. The quantitative estimate of drug-likeness (QED) is 0.0218. The highest BCUT2D eigenvalue weighted by Gasteiger charge is 2.38. The molecular weight excluding hydrogens is 1080 g/mol. The van der Waals surface area contributed by atoms with Crippen LogP contribution in [0.5, 0.6) is 0 Å². The molecule has 0 unspecified atom stereocenters. The van der Waals surface area contributed by atoms with E-state index in [1.807, 2.05) is 0 Å². The number of ether oxygens (including phenoxy) is 2. The molecule has 84 heavy (non-hydrogen) atoms. The highest BCUT2D eigenvalue weighted by atomic mass is 28.4. The number of hydrogen-bond donors (Lipinski definition) is 0. The van der Waals surface area contributed by atoms with Crippen molar-refractivity contribution in [1.29, 1.82) is 0 Å². The molecule has 0 bridgehead atoms. The van der Waals surface area contributed by atoms with E-state index in [1.54, 1.807) is 42.7 Å². The zero-order chi connectivity index (χ0) is 61.1. The molecule has 456 valence electrons. The summed E-state index contributed by atoms with van der Waals surface area (Å²) < 4.78 is 43.3. The van der Waals surface area contributed by atoms with Gasteiger partial charge in [0.15, 0.2) is 0 Å². The van der Waals surface area contributed by atoms with Crippen LogP contribution in [0.4, 0.5) is 34.1 Å². The van der Waals surface area contributed by atoms with Crippen molar-refractivity contribution in [3.8, 4) is 11.1 Å². The van der Waals surface area contributed by atoms with Crippen LogP contribution in [0.2, 0.25) is 12.1 Å². The van der Waals surface area contributed by atoms with E-state index in [1.165, 1.54) is 22.3 Å². The lowest BCUT2D eigenvalue weighted by Crippen LogP contribution is -2.42. The molecular formula is C70H98N2O10Si2. The number of rotatable bonds is 34. The van der Waals surface area contributed by atoms with Crippen molar-refractivity contribution in [2.24, 2.45) is 11.8 Å². The first-order valence-electron chi connectivity index (χ1n) is 30.2. The number of benzene rings is 6. The van der Waals surface area contributed by atoms with E-state index in [0.717, 1.165) is 120 Å². The number of anilines is 6. The average molecular weight is 1180 g/mol. The van der Waals surface area contributed by atoms with Gasteiger partial charge in [0.1, 0.15) is 0 Å². The minimum atomic E-state index is -2.40. The lowest BCUT2D eigenvalue weighted by atomic mass is 10.0. The number of aryl methyl sites for hydroxylation is 6. The zero-order valence-corrected chi connectivity index (χ0v) is 55.1. The van der Waals surface area contributed by atoms with Crippen LogP contribution in [0.1, 0.15) is 125 Å². The fourth-order valence-electron chi connectivity index (χ4n) is 9.99. The molecule has 12 nitrogen and oxygen atoms in total. The van der Waals surface area contributed by atoms with E-state index < -0.39 is 17.6 Å². The summed E-state index contributed by atoms with van der Waals surface area (Å²) in [6, 6.07) is 49.5. The van der Waals surface area contributed by atoms with Crippen molar-refractivity contribution >= 4 is 63.7 Å². The lowest BCUT2D eigenvalue weighted by Gasteiger charge is -2.27. The van der Waals surface area contributed by atoms with E-state index >= 15 is 0 Å². The third-order valence-corrected chi connectivity index (χ3v) is 21.3. The molecule has 0 aliphatic rings. The maximum atomic E-state index is 12.4. The number of hydrogen-bond acceptors (Lipinski definition) is 12. The predicted octanol–water partition coefficient (Wildman–Crippen LogP) is 17.7. The van der Waals surface area contributed by atoms with Gasteiger partial charge in [-0.1, -0.05) is 101 Å². The van der Waals surface area contributed by atoms with Gasteiger partial charge in [0, 0.05) is 102 Å². The molecule has 0 heterocycles. The van der Waals surface area contributed by atoms with Crippen molar-refractivity contribution in [2.45, 2.75) is 145 Å². The van der Waals surface area contributed by atoms with Gasteiger partial charge < -0.3 is 45.8 Å². The third kappa shape index (κ3) is 21.5. The summed E-state index contributed by atoms with van der Waals surface area (Å²) in [5, 5.41) is 0. The maximum Gasteiger partial charge on any atom is 0.500 e. The highest BCUT2D eigenvalue weighted by Crippen LogP contribution is 2.39. The summed E-state index contributed by atoms with van der Waals surface area (Å²) in [6.45, 7) is 18.3. The van der Waals surface area contributed by atoms with Crippen LogP contribution in [0.3, 0.4) is 0 Å². The normalized spacial score (nSPS) is 11.6. The van der Waals surface area contributed by atoms with Crippen LogP contribution in [0.25, 0.3) is 11.1 Å². The van der Waals surface area contributed by atoms with Gasteiger partial charge >= 0.3 is 29.5 Å². The fraction of sp³-hybridized carbons (Fsp3) is 0.457. The van der Waals surface area contributed by atoms with Crippen molar-refractivity contribution in [1.82, 2.24) is 0 Å². The van der Waals surface area contributed by atoms with Crippen molar-refractivity contribution in [2.75, 3.05) is 65.7 Å². The molecule has 14 heteroatoms. The van der Waals surface area contributed by atoms with Gasteiger partial charge in [-0.15, -0.1) is 0 Å². The van der Waals surface area contributed by atoms with Crippen molar-refractivity contribution in [3.05, 3.63) is 167 Å². The van der Waals surface area contributed by atoms with Crippen LogP contribution < -0.4 is 9.80 Å². The van der Waals surface area contributed by atoms with Crippen LogP contribution in [-0.4, -0.2) is 85.4 Å². The second-order valence-electron chi connectivity index (χ2n) is 22.7. The van der Waals surface area contributed by atoms with Gasteiger partial charge in [0.25, 0.3) is 0 Å². The summed E-state index contributed by atoms with van der Waals surface area (Å²) in [4.78, 5) is 29.4. The molecule has 0 aliphatic heterocycles. The van der Waals surface area contributed by atoms with Crippen molar-refractivity contribution in [3.63, 3.8) is 0 Å². The molecule has 0 atom stereocenters. The second-order valence-corrected chi connectivity index (χ2v) is 28.8. The Bertz CT molecular complexity index is 2660. The Morgan fingerprint density at radius 2 is 0.679 bits per heavy atom. The molecule has 0 radical (unpaired) electrons. The molecule has 6 aromatic rings. The Morgan fingerprint density at radius 3 is 0.964 bits per heavy atom. The van der Waals surface area contributed by atoms with Crippen LogP contribution in [-0.2, 0) is 58.5 Å². The van der Waals surface area contributed by atoms with Gasteiger partial charge in [-0.25, -0.2) is 0 Å². The largest absolute Gasteiger partial charge is 0.500 e. The van der Waals surface area contributed by atoms with E-state index in [4.69, 9.17) is 36.0 Å². The minimum Gasteiger partial charge on any atom is -0.466 e. The number of nitrogens with zero attached hydrogens (tertiary/aromatic N) is 2. The molecule has 0 amide bonds. The highest BCUT2D eigenvalue weighted by molar-refractivity contribution is 6.60. The number of unbranched alkanes of at least 4 members (excludes halogenated alkanes) is 3. The third-order valence-electron chi connectivity index (χ3n) is 15.7. The zero-order valence-electron chi connectivity index (χ0n) is 53.1. The molecule has 0 saturated heterocycles. The summed E-state index contributed by atoms with van der Waals surface area (Å²) in [7, 11) is 5.09. The van der Waals surface area contributed by atoms with Gasteiger partial charge in [-0.05, 0) is 208 Å². The van der Waals surface area contributed by atoms with Crippen molar-refractivity contribution < 1.29 is 45.6 Å². The topological polar surface area (TPSA) is 114 Å². The number of carbonyl (C=O) groups is 2. The molecule has 0 saturated carbocycles. The smallest absolute Gasteiger partial charge is 0.466 e. The predicted molar refractivity (Wildman–Crippen MR) is 349 cm³/mol. The lowest BCUT2D eigenvalue weighted by molar-refractivity contribution is -0.144. The standard InChI is InChI=1S/C58H68N2O4.C12H30O6Si2/c1-41(2)11-9-37-63-57(61)35-19-47-15-27-51(28-16-47)59(55-25-13-43(5)45(7)39-55)53-31-21-49(22-32-53)50-23-33-54(34-24-50)60(56-26-14-44(6)46(8)40-56)52-29-17-48(18-30-52)20-36-58(62)64-38-10-12-42(3)4;1-13-19(14-2,15-3)11-9-7-8-10-12-20(16-4,17-5)18-6/h13-18,21-34,39-42H,9-12,19-20,35-38H2,1-8H3;7-12H2,1-6H3. The maximum absolute atomic E-state index is 12.4. The first-order chi connectivity index (χ1) is 40.4. The Balaban J connectivity index is 0.000000550. The van der Waals surface area contributed by atoms with E-state index in [-0.39, 0.29) is 11.9 Å². The molecule has 0 aromatic heterocycles. The first kappa shape index (κ1) is 68.8. The van der Waals surface area contributed by atoms with Gasteiger partial charge in [0.05, 0.1) is 13.2 Å². The van der Waals surface area contributed by atoms with Gasteiger partial charge in [-0.3, -0.25) is 9.59 Å². The van der Waals surface area contributed by atoms with E-state index in [0.29, 0.717) is 50.7 Å². The van der Waals surface area contributed by atoms with Crippen LogP contribution in [0, 0.1) is 39.5 Å². The van der Waals surface area contributed by atoms with E-state index in [2.05, 4.69) is 199 Å². The number of carbonyl (C=O) groups excluding carboxylic acids is 2. The molecule has 6 aromatic carbocycles. The number of esters is 2. The van der Waals surface area contributed by atoms with Gasteiger partial charge in [-0.2, -0.15) is 0 Å². The summed E-state index contributed by atoms with van der Waals surface area (Å²) in [5.41, 5.74) is 15.8. The summed E-state index contributed by atoms with van der Waals surface area (Å²) in [6.07, 6.45) is 10.3. The average Bonchev–Trinajstić information content (AvgIpc) is 2.62. The Morgan fingerprint density at radius 1 is 0.381 bits per heavy atom. The molecule has 0 N–H and O–H groups in total. The van der Waals surface area contributed by atoms with Gasteiger partial charge in [0.2, 0.25) is 0 Å². The Hall–Kier alpha value is -5.95. The van der Waals surface area contributed by atoms with Crippen LogP contribution >= 0.6 is 0 Å².